The quantitative estimate of drug-likeness (QED) is 0.176. The van der Waals surface area contributed by atoms with E-state index in [1.54, 1.807) is 57.4 Å². The van der Waals surface area contributed by atoms with E-state index in [2.05, 4.69) is 20.3 Å². The third kappa shape index (κ3) is 13.9. The Morgan fingerprint density at radius 2 is 1.69 bits per heavy atom. The number of nitrogens with one attached hydrogen (secondary N) is 1. The summed E-state index contributed by atoms with van der Waals surface area (Å²) in [5, 5.41) is 41.8. The van der Waals surface area contributed by atoms with Crippen molar-refractivity contribution in [3.05, 3.63) is 48.0 Å². The number of nitrogens with zero attached hydrogens (tertiary/aromatic N) is 4. The summed E-state index contributed by atoms with van der Waals surface area (Å²) in [6, 6.07) is 0.963. The molecule has 4 N–H and O–H groups in total. The fraction of sp³-hybridized carbons (Fsp3) is 0.723. The molecule has 16 atom stereocenters. The molecule has 0 saturated carbocycles. The SMILES string of the molecule is CO[C@@H]1[C@H](O)[C@@H](C)O[C@@H](OC[C@H]2/C=C(C)/C=C/C(=O)[C@H](C)CC3CCOC/C(=N\OCc4cc(-c5ncc[nH]5)no4)CO[C@H](CC(=O)OC2)[C@H](C)[C@H]3O[C@@H]2O[C@H](C)[C@@H](O)[C@H](N(C)C)[C@H]2O)[C@@H]1OC. The summed E-state index contributed by atoms with van der Waals surface area (Å²) in [6.07, 6.45) is -0.850. The minimum absolute atomic E-state index is 0.0172. The second kappa shape index (κ2) is 25.2. The molecule has 2 aromatic heterocycles. The zero-order chi connectivity index (χ0) is 49.1. The molecule has 21 nitrogen and oxygen atoms in total. The average molecular weight is 962 g/mol. The van der Waals surface area contributed by atoms with Gasteiger partial charge in [0.1, 0.15) is 35.8 Å². The van der Waals surface area contributed by atoms with Crippen molar-refractivity contribution in [3.63, 3.8) is 0 Å². The van der Waals surface area contributed by atoms with Gasteiger partial charge in [0.15, 0.2) is 36.6 Å². The highest BCUT2D eigenvalue weighted by atomic mass is 16.7. The number of aromatic nitrogens is 3. The van der Waals surface area contributed by atoms with E-state index in [9.17, 15) is 24.9 Å². The summed E-state index contributed by atoms with van der Waals surface area (Å²) in [5.74, 6) is -1.74. The molecule has 3 fully saturated rings. The molecular weight excluding hydrogens is 891 g/mol. The molecule has 0 spiro atoms. The molecule has 2 aromatic rings. The van der Waals surface area contributed by atoms with Gasteiger partial charge >= 0.3 is 5.97 Å². The minimum Gasteiger partial charge on any atom is -0.465 e. The Labute approximate surface area is 397 Å². The number of oxime groups is 1. The van der Waals surface area contributed by atoms with Crippen molar-refractivity contribution in [2.45, 2.75) is 134 Å². The molecule has 6 rings (SSSR count). The predicted octanol–water partition coefficient (Wildman–Crippen LogP) is 2.59. The smallest absolute Gasteiger partial charge is 0.308 e. The highest BCUT2D eigenvalue weighted by Crippen LogP contribution is 2.36. The molecule has 68 heavy (non-hydrogen) atoms. The number of cyclic esters (lactones) is 1. The van der Waals surface area contributed by atoms with Crippen LogP contribution in [0.25, 0.3) is 11.5 Å². The number of allylic oxidation sites excluding steroid dienone is 3. The van der Waals surface area contributed by atoms with Gasteiger partial charge < -0.3 is 77.2 Å². The van der Waals surface area contributed by atoms with E-state index in [4.69, 9.17) is 52.0 Å². The van der Waals surface area contributed by atoms with Gasteiger partial charge in [-0.05, 0) is 59.7 Å². The van der Waals surface area contributed by atoms with Crippen LogP contribution in [0, 0.1) is 23.7 Å². The fourth-order valence-corrected chi connectivity index (χ4v) is 9.19. The zero-order valence-corrected chi connectivity index (χ0v) is 40.5. The first-order chi connectivity index (χ1) is 32.6. The lowest BCUT2D eigenvalue weighted by atomic mass is 9.79. The molecule has 6 heterocycles. The summed E-state index contributed by atoms with van der Waals surface area (Å²) >= 11 is 0. The van der Waals surface area contributed by atoms with Crippen LogP contribution in [0.5, 0.6) is 0 Å². The molecule has 1 unspecified atom stereocenters. The molecule has 4 aliphatic heterocycles. The van der Waals surface area contributed by atoms with Crippen molar-refractivity contribution in [2.75, 3.05) is 61.3 Å². The van der Waals surface area contributed by atoms with E-state index < -0.39 is 97.3 Å². The summed E-state index contributed by atoms with van der Waals surface area (Å²) in [6.45, 7) is 8.99. The molecule has 3 saturated heterocycles. The number of rotatable bonds is 12. The normalized spacial score (nSPS) is 38.1. The third-order valence-electron chi connectivity index (χ3n) is 13.1. The molecule has 4 aliphatic rings. The van der Waals surface area contributed by atoms with Crippen molar-refractivity contribution < 1.29 is 76.9 Å². The second-order valence-electron chi connectivity index (χ2n) is 18.5. The molecule has 0 amide bonds. The first-order valence-electron chi connectivity index (χ1n) is 23.3. The van der Waals surface area contributed by atoms with E-state index in [1.807, 2.05) is 26.8 Å². The van der Waals surface area contributed by atoms with Gasteiger partial charge in [0.25, 0.3) is 0 Å². The molecule has 380 valence electrons. The first kappa shape index (κ1) is 53.4. The largest absolute Gasteiger partial charge is 0.465 e. The molecule has 0 radical (unpaired) electrons. The van der Waals surface area contributed by atoms with Crippen molar-refractivity contribution in [1.82, 2.24) is 20.0 Å². The number of ketones is 1. The molecule has 0 aromatic carbocycles. The summed E-state index contributed by atoms with van der Waals surface area (Å²) in [5.41, 5.74) is 1.61. The number of likely N-dealkylation sites (N-methyl/N-ethyl adjacent to an activating group) is 1. The van der Waals surface area contributed by atoms with E-state index in [0.717, 1.165) is 5.57 Å². The summed E-state index contributed by atoms with van der Waals surface area (Å²) in [7, 11) is 6.47. The Kier molecular flexibility index (Phi) is 19.8. The number of aromatic amines is 1. The standard InChI is InChI=1S/C47H71N5O16/c1-25-10-11-35(53)26(2)17-31-12-15-60-22-32(50-64-24-33-18-34(51-68-33)45-48-13-14-49-45)23-61-36(27(3)42(31)67-46-41(57)38(52(6)7)39(55)28(4)65-46)19-37(54)62-20-30(16-25)21-63-47-44(59-9)43(58-8)40(56)29(5)66-47/h10-11,13-14,16,18,26-31,36,38-44,46-47,55-57H,12,15,17,19-24H2,1-9H3,(H,48,49)/b11-10+,25-16+,50-32+/t26-,27+,28-,29-,30+,31?,36-,38+,39-,40-,41-,42-,43-,44-,46+,47-/m1/s1. The number of fused-ring (bicyclic) bond motifs is 3. The van der Waals surface area contributed by atoms with Gasteiger partial charge in [-0.1, -0.05) is 41.9 Å². The van der Waals surface area contributed by atoms with E-state index >= 15 is 0 Å². The maximum absolute atomic E-state index is 14.1. The number of hydrogen-bond acceptors (Lipinski definition) is 20. The number of imidazole rings is 1. The molecule has 0 aliphatic carbocycles. The lowest BCUT2D eigenvalue weighted by molar-refractivity contribution is -0.305. The number of methoxy groups -OCH3 is 2. The van der Waals surface area contributed by atoms with Gasteiger partial charge in [-0.2, -0.15) is 0 Å². The monoisotopic (exact) mass is 961 g/mol. The van der Waals surface area contributed by atoms with E-state index in [-0.39, 0.29) is 57.8 Å². The van der Waals surface area contributed by atoms with Crippen molar-refractivity contribution >= 4 is 17.5 Å². The fourth-order valence-electron chi connectivity index (χ4n) is 9.19. The van der Waals surface area contributed by atoms with Gasteiger partial charge in [0, 0.05) is 57.0 Å². The number of aliphatic hydroxyl groups excluding tert-OH is 3. The Morgan fingerprint density at radius 1 is 0.941 bits per heavy atom. The number of carbonyl (C=O) groups excluding carboxylic acids is 2. The van der Waals surface area contributed by atoms with Crippen molar-refractivity contribution in [2.24, 2.45) is 28.8 Å². The van der Waals surface area contributed by atoms with Crippen LogP contribution < -0.4 is 0 Å². The van der Waals surface area contributed by atoms with Crippen LogP contribution in [0.15, 0.2) is 51.9 Å². The Morgan fingerprint density at radius 3 is 2.41 bits per heavy atom. The Hall–Kier alpha value is -3.97. The molecule has 21 heteroatoms. The summed E-state index contributed by atoms with van der Waals surface area (Å²) in [4.78, 5) is 42.6. The highest BCUT2D eigenvalue weighted by molar-refractivity contribution is 5.91. The van der Waals surface area contributed by atoms with Gasteiger partial charge in [0.2, 0.25) is 0 Å². The van der Waals surface area contributed by atoms with Crippen LogP contribution >= 0.6 is 0 Å². The average Bonchev–Trinajstić information content (AvgIpc) is 4.02. The third-order valence-corrected chi connectivity index (χ3v) is 13.1. The maximum Gasteiger partial charge on any atom is 0.308 e. The number of carbonyl (C=O) groups is 2. The number of H-pyrrole nitrogens is 1. The van der Waals surface area contributed by atoms with Crippen LogP contribution in [0.4, 0.5) is 0 Å². The summed E-state index contributed by atoms with van der Waals surface area (Å²) < 4.78 is 60.6. The number of hydrogen-bond donors (Lipinski definition) is 4. The van der Waals surface area contributed by atoms with Crippen molar-refractivity contribution in [3.8, 4) is 11.5 Å². The predicted molar refractivity (Wildman–Crippen MR) is 241 cm³/mol. The Balaban J connectivity index is 1.29. The van der Waals surface area contributed by atoms with Crippen molar-refractivity contribution in [1.29, 1.82) is 0 Å². The number of aliphatic hydroxyl groups is 3. The first-order valence-corrected chi connectivity index (χ1v) is 23.3. The van der Waals surface area contributed by atoms with Gasteiger partial charge in [-0.15, -0.1) is 0 Å². The van der Waals surface area contributed by atoms with E-state index in [1.165, 1.54) is 20.3 Å². The van der Waals surface area contributed by atoms with Gasteiger partial charge in [-0.25, -0.2) is 4.98 Å². The van der Waals surface area contributed by atoms with Crippen LogP contribution in [0.2, 0.25) is 0 Å². The topological polar surface area (TPSA) is 257 Å². The van der Waals surface area contributed by atoms with Crippen LogP contribution in [0.3, 0.4) is 0 Å². The van der Waals surface area contributed by atoms with Crippen LogP contribution in [-0.2, 0) is 63.7 Å². The van der Waals surface area contributed by atoms with Gasteiger partial charge in [0.05, 0.1) is 69.4 Å². The number of esters is 1. The number of ether oxygens (including phenoxy) is 9. The zero-order valence-electron chi connectivity index (χ0n) is 40.5. The van der Waals surface area contributed by atoms with Gasteiger partial charge in [-0.3, -0.25) is 9.59 Å². The lowest BCUT2D eigenvalue weighted by Crippen LogP contribution is -2.63. The second-order valence-corrected chi connectivity index (χ2v) is 18.5. The minimum atomic E-state index is -1.26. The maximum atomic E-state index is 14.1. The molecular formula is C47H71N5O16. The van der Waals surface area contributed by atoms with Crippen LogP contribution in [0.1, 0.15) is 59.6 Å². The highest BCUT2D eigenvalue weighted by Gasteiger charge is 2.48. The lowest BCUT2D eigenvalue weighted by Gasteiger charge is -2.47. The van der Waals surface area contributed by atoms with E-state index in [0.29, 0.717) is 35.8 Å². The molecule has 2 bridgehead atoms. The Bertz CT molecular complexity index is 1980. The van der Waals surface area contributed by atoms with Crippen LogP contribution in [-0.4, -0.2) is 188 Å².